The molecule has 2 aromatic carbocycles. The van der Waals surface area contributed by atoms with Crippen LogP contribution in [0.15, 0.2) is 42.5 Å². The Kier molecular flexibility index (Phi) is 4.17. The second kappa shape index (κ2) is 5.85. The summed E-state index contributed by atoms with van der Waals surface area (Å²) in [6.07, 6.45) is 0.471. The summed E-state index contributed by atoms with van der Waals surface area (Å²) >= 11 is 0. The minimum Gasteiger partial charge on any atom is -0.496 e. The van der Waals surface area contributed by atoms with Crippen molar-refractivity contribution >= 4 is 0 Å². The third-order valence-corrected chi connectivity index (χ3v) is 3.26. The molecule has 2 rings (SSSR count). The van der Waals surface area contributed by atoms with Gasteiger partial charge >= 0.3 is 0 Å². The highest BCUT2D eigenvalue weighted by atomic mass is 19.1. The molecular formula is C16H18FNO. The first-order valence-corrected chi connectivity index (χ1v) is 6.25. The summed E-state index contributed by atoms with van der Waals surface area (Å²) in [5, 5.41) is 0. The van der Waals surface area contributed by atoms with Crippen molar-refractivity contribution in [3.63, 3.8) is 0 Å². The number of aryl methyl sites for hydroxylation is 1. The Bertz CT molecular complexity index is 568. The van der Waals surface area contributed by atoms with E-state index in [2.05, 4.69) is 0 Å². The normalized spacial score (nSPS) is 12.2. The molecule has 0 saturated heterocycles. The maximum absolute atomic E-state index is 13.6. The van der Waals surface area contributed by atoms with Crippen molar-refractivity contribution in [2.24, 2.45) is 5.73 Å². The van der Waals surface area contributed by atoms with Crippen LogP contribution in [0, 0.1) is 12.7 Å². The predicted octanol–water partition coefficient (Wildman–Crippen LogP) is 3.39. The van der Waals surface area contributed by atoms with Crippen LogP contribution in [0.3, 0.4) is 0 Å². The van der Waals surface area contributed by atoms with E-state index >= 15 is 0 Å². The van der Waals surface area contributed by atoms with E-state index in [0.717, 1.165) is 16.9 Å². The summed E-state index contributed by atoms with van der Waals surface area (Å²) in [4.78, 5) is 0. The molecule has 2 N–H and O–H groups in total. The van der Waals surface area contributed by atoms with Gasteiger partial charge in [0.25, 0.3) is 0 Å². The number of rotatable bonds is 4. The van der Waals surface area contributed by atoms with E-state index in [-0.39, 0.29) is 11.9 Å². The average Bonchev–Trinajstić information content (AvgIpc) is 2.42. The van der Waals surface area contributed by atoms with Crippen LogP contribution < -0.4 is 10.5 Å². The van der Waals surface area contributed by atoms with Crippen LogP contribution in [-0.2, 0) is 6.42 Å². The van der Waals surface area contributed by atoms with Crippen LogP contribution in [0.1, 0.15) is 22.7 Å². The molecule has 2 aromatic rings. The van der Waals surface area contributed by atoms with E-state index in [1.54, 1.807) is 19.2 Å². The smallest absolute Gasteiger partial charge is 0.126 e. The van der Waals surface area contributed by atoms with Gasteiger partial charge < -0.3 is 10.5 Å². The van der Waals surface area contributed by atoms with E-state index in [9.17, 15) is 4.39 Å². The molecule has 100 valence electrons. The third-order valence-electron chi connectivity index (χ3n) is 3.26. The fourth-order valence-corrected chi connectivity index (χ4v) is 2.09. The number of benzene rings is 2. The number of hydrogen-bond donors (Lipinski definition) is 1. The molecule has 0 radical (unpaired) electrons. The van der Waals surface area contributed by atoms with Crippen LogP contribution >= 0.6 is 0 Å². The fraction of sp³-hybridized carbons (Fsp3) is 0.250. The van der Waals surface area contributed by atoms with Crippen molar-refractivity contribution in [2.75, 3.05) is 7.11 Å². The van der Waals surface area contributed by atoms with Gasteiger partial charge in [-0.3, -0.25) is 0 Å². The first kappa shape index (κ1) is 13.6. The molecule has 1 unspecified atom stereocenters. The number of hydrogen-bond acceptors (Lipinski definition) is 2. The molecule has 3 heteroatoms. The number of ether oxygens (including phenoxy) is 1. The Morgan fingerprint density at radius 1 is 1.21 bits per heavy atom. The van der Waals surface area contributed by atoms with Crippen LogP contribution in [0.25, 0.3) is 0 Å². The van der Waals surface area contributed by atoms with Crippen LogP contribution in [0.5, 0.6) is 5.75 Å². The molecule has 0 spiro atoms. The summed E-state index contributed by atoms with van der Waals surface area (Å²) < 4.78 is 18.9. The molecule has 0 aliphatic carbocycles. The Hall–Kier alpha value is -1.87. The number of methoxy groups -OCH3 is 1. The lowest BCUT2D eigenvalue weighted by atomic mass is 9.98. The summed E-state index contributed by atoms with van der Waals surface area (Å²) in [6, 6.07) is 12.3. The maximum atomic E-state index is 13.6. The summed E-state index contributed by atoms with van der Waals surface area (Å²) in [5.74, 6) is 0.596. The molecule has 19 heavy (non-hydrogen) atoms. The van der Waals surface area contributed by atoms with E-state index in [1.807, 2.05) is 31.2 Å². The van der Waals surface area contributed by atoms with Crippen molar-refractivity contribution in [1.82, 2.24) is 0 Å². The summed E-state index contributed by atoms with van der Waals surface area (Å²) in [5.41, 5.74) is 8.79. The molecule has 0 saturated carbocycles. The zero-order valence-electron chi connectivity index (χ0n) is 11.2. The minimum absolute atomic E-state index is 0.211. The topological polar surface area (TPSA) is 35.2 Å². The van der Waals surface area contributed by atoms with E-state index < -0.39 is 0 Å². The van der Waals surface area contributed by atoms with Crippen molar-refractivity contribution in [1.29, 1.82) is 0 Å². The zero-order chi connectivity index (χ0) is 13.8. The maximum Gasteiger partial charge on any atom is 0.126 e. The van der Waals surface area contributed by atoms with Gasteiger partial charge in [-0.15, -0.1) is 0 Å². The van der Waals surface area contributed by atoms with Crippen LogP contribution in [-0.4, -0.2) is 7.11 Å². The standard InChI is InChI=1S/C16H18FNO/c1-11-7-8-13(10-16(11)19-2)15(18)9-12-5-3-4-6-14(12)17/h3-8,10,15H,9,18H2,1-2H3. The van der Waals surface area contributed by atoms with Gasteiger partial charge in [0, 0.05) is 6.04 Å². The molecule has 0 heterocycles. The van der Waals surface area contributed by atoms with Gasteiger partial charge in [-0.1, -0.05) is 30.3 Å². The number of halogens is 1. The lowest BCUT2D eigenvalue weighted by Gasteiger charge is -2.15. The van der Waals surface area contributed by atoms with Gasteiger partial charge in [0.05, 0.1) is 7.11 Å². The second-order valence-corrected chi connectivity index (χ2v) is 4.63. The summed E-state index contributed by atoms with van der Waals surface area (Å²) in [6.45, 7) is 1.98. The van der Waals surface area contributed by atoms with Gasteiger partial charge in [-0.05, 0) is 42.2 Å². The monoisotopic (exact) mass is 259 g/mol. The number of nitrogens with two attached hydrogens (primary N) is 1. The van der Waals surface area contributed by atoms with Gasteiger partial charge in [0.15, 0.2) is 0 Å². The van der Waals surface area contributed by atoms with Gasteiger partial charge in [0.2, 0.25) is 0 Å². The van der Waals surface area contributed by atoms with Crippen molar-refractivity contribution in [3.8, 4) is 5.75 Å². The highest BCUT2D eigenvalue weighted by molar-refractivity contribution is 5.38. The molecule has 0 bridgehead atoms. The molecule has 0 fully saturated rings. The average molecular weight is 259 g/mol. The molecule has 1 atom stereocenters. The van der Waals surface area contributed by atoms with Crippen molar-refractivity contribution in [2.45, 2.75) is 19.4 Å². The largest absolute Gasteiger partial charge is 0.496 e. The second-order valence-electron chi connectivity index (χ2n) is 4.63. The lowest BCUT2D eigenvalue weighted by molar-refractivity contribution is 0.410. The van der Waals surface area contributed by atoms with Crippen LogP contribution in [0.4, 0.5) is 4.39 Å². The van der Waals surface area contributed by atoms with E-state index in [0.29, 0.717) is 12.0 Å². The van der Waals surface area contributed by atoms with Gasteiger partial charge in [-0.25, -0.2) is 4.39 Å². The Morgan fingerprint density at radius 3 is 2.63 bits per heavy atom. The van der Waals surface area contributed by atoms with E-state index in [4.69, 9.17) is 10.5 Å². The highest BCUT2D eigenvalue weighted by Gasteiger charge is 2.11. The Balaban J connectivity index is 2.20. The predicted molar refractivity (Wildman–Crippen MR) is 74.8 cm³/mol. The zero-order valence-corrected chi connectivity index (χ0v) is 11.2. The molecular weight excluding hydrogens is 241 g/mol. The van der Waals surface area contributed by atoms with Crippen molar-refractivity contribution < 1.29 is 9.13 Å². The van der Waals surface area contributed by atoms with E-state index in [1.165, 1.54) is 6.07 Å². The lowest BCUT2D eigenvalue weighted by Crippen LogP contribution is -2.14. The fourth-order valence-electron chi connectivity index (χ4n) is 2.09. The highest BCUT2D eigenvalue weighted by Crippen LogP contribution is 2.24. The molecule has 0 amide bonds. The van der Waals surface area contributed by atoms with Crippen LogP contribution in [0.2, 0.25) is 0 Å². The SMILES string of the molecule is COc1cc(C(N)Cc2ccccc2F)ccc1C. The molecule has 0 aliphatic heterocycles. The Labute approximate surface area is 113 Å². The third kappa shape index (κ3) is 3.12. The Morgan fingerprint density at radius 2 is 1.95 bits per heavy atom. The molecule has 2 nitrogen and oxygen atoms in total. The van der Waals surface area contributed by atoms with Crippen molar-refractivity contribution in [3.05, 3.63) is 65.0 Å². The molecule has 0 aliphatic rings. The first-order chi connectivity index (χ1) is 9.11. The van der Waals surface area contributed by atoms with Gasteiger partial charge in [-0.2, -0.15) is 0 Å². The first-order valence-electron chi connectivity index (χ1n) is 6.25. The summed E-state index contributed by atoms with van der Waals surface area (Å²) in [7, 11) is 1.63. The quantitative estimate of drug-likeness (QED) is 0.913. The van der Waals surface area contributed by atoms with Gasteiger partial charge in [0.1, 0.15) is 11.6 Å². The molecule has 0 aromatic heterocycles. The minimum atomic E-state index is -0.244.